The number of likely N-dealkylation sites (tertiary alicyclic amines) is 1. The molecule has 3 aliphatic heterocycles. The molecule has 3 aliphatic rings. The Morgan fingerprint density at radius 3 is 2.45 bits per heavy atom. The van der Waals surface area contributed by atoms with Crippen LogP contribution in [-0.4, -0.2) is 96.2 Å². The van der Waals surface area contributed by atoms with Crippen LogP contribution in [0, 0.1) is 0 Å². The van der Waals surface area contributed by atoms with E-state index in [0.29, 0.717) is 17.7 Å². The third kappa shape index (κ3) is 6.82. The number of aromatic carboxylic acids is 1. The first-order valence-electron chi connectivity index (χ1n) is 13.3. The first kappa shape index (κ1) is 33.1. The van der Waals surface area contributed by atoms with Crippen molar-refractivity contribution in [3.63, 3.8) is 0 Å². The number of nitrogens with two attached hydrogens (primary N) is 1. The van der Waals surface area contributed by atoms with Gasteiger partial charge in [0.1, 0.15) is 22.8 Å². The van der Waals surface area contributed by atoms with Gasteiger partial charge in [0, 0.05) is 29.8 Å². The predicted molar refractivity (Wildman–Crippen MR) is 156 cm³/mol. The number of carboxylic acids is 2. The molecule has 15 nitrogen and oxygen atoms in total. The van der Waals surface area contributed by atoms with Crippen LogP contribution >= 0.6 is 23.1 Å². The summed E-state index contributed by atoms with van der Waals surface area (Å²) < 4.78 is 37.9. The van der Waals surface area contributed by atoms with Crippen molar-refractivity contribution >= 4 is 69.6 Å². The van der Waals surface area contributed by atoms with E-state index in [2.05, 4.69) is 20.3 Å². The number of thioether (sulfide) groups is 1. The molecule has 2 fully saturated rings. The molecule has 20 heteroatoms. The zero-order valence-electron chi connectivity index (χ0n) is 23.5. The number of aliphatic carboxylic acids is 1. The summed E-state index contributed by atoms with van der Waals surface area (Å²) in [7, 11) is 0. The zero-order chi connectivity index (χ0) is 34.2. The summed E-state index contributed by atoms with van der Waals surface area (Å²) in [6.45, 7) is 0.512. The van der Waals surface area contributed by atoms with Crippen molar-refractivity contribution in [3.8, 4) is 0 Å². The number of aromatic nitrogens is 1. The van der Waals surface area contributed by atoms with Crippen molar-refractivity contribution in [2.45, 2.75) is 30.6 Å². The highest BCUT2D eigenvalue weighted by Crippen LogP contribution is 2.41. The molecule has 246 valence electrons. The van der Waals surface area contributed by atoms with Crippen molar-refractivity contribution < 1.29 is 57.0 Å². The minimum Gasteiger partial charge on any atom is -0.478 e. The Morgan fingerprint density at radius 2 is 1.85 bits per heavy atom. The molecule has 0 aliphatic carbocycles. The van der Waals surface area contributed by atoms with Gasteiger partial charge in [-0.25, -0.2) is 19.4 Å². The second-order valence-corrected chi connectivity index (χ2v) is 12.1. The Balaban J connectivity index is 1.31. The summed E-state index contributed by atoms with van der Waals surface area (Å²) >= 11 is 1.87. The normalized spacial score (nSPS) is 20.7. The number of rotatable bonds is 9. The van der Waals surface area contributed by atoms with Crippen molar-refractivity contribution in [2.75, 3.05) is 18.0 Å². The quantitative estimate of drug-likeness (QED) is 0.0960. The molecule has 0 unspecified atom stereocenters. The van der Waals surface area contributed by atoms with E-state index in [4.69, 9.17) is 10.8 Å². The number of hydrogen-bond acceptors (Lipinski definition) is 12. The van der Waals surface area contributed by atoms with Gasteiger partial charge in [-0.1, -0.05) is 17.3 Å². The number of alkyl halides is 3. The van der Waals surface area contributed by atoms with Gasteiger partial charge in [0.2, 0.25) is 5.91 Å². The molecule has 3 amide bonds. The number of nitrogens with zero attached hydrogens (tertiary/aromatic N) is 4. The van der Waals surface area contributed by atoms with Crippen LogP contribution in [0.5, 0.6) is 0 Å². The van der Waals surface area contributed by atoms with Gasteiger partial charge >= 0.3 is 24.1 Å². The number of hydrogen-bond donors (Lipinski definition) is 4. The Morgan fingerprint density at radius 1 is 1.15 bits per heavy atom. The molecule has 2 saturated heterocycles. The minimum atomic E-state index is -5.42. The molecule has 5 N–H and O–H groups in total. The molecule has 0 radical (unpaired) electrons. The lowest BCUT2D eigenvalue weighted by Crippen LogP contribution is -2.71. The number of carbonyl (C=O) groups excluding carboxylic acids is 4. The van der Waals surface area contributed by atoms with Gasteiger partial charge in [-0.3, -0.25) is 19.3 Å². The summed E-state index contributed by atoms with van der Waals surface area (Å²) in [6.07, 6.45) is -3.72. The molecule has 47 heavy (non-hydrogen) atoms. The van der Waals surface area contributed by atoms with Gasteiger partial charge in [0.15, 0.2) is 10.8 Å². The van der Waals surface area contributed by atoms with Crippen molar-refractivity contribution in [3.05, 3.63) is 69.4 Å². The lowest BCUT2D eigenvalue weighted by molar-refractivity contribution is -0.199. The highest BCUT2D eigenvalue weighted by molar-refractivity contribution is 8.00. The van der Waals surface area contributed by atoms with Gasteiger partial charge in [-0.15, -0.1) is 23.1 Å². The Hall–Kier alpha value is -5.24. The summed E-state index contributed by atoms with van der Waals surface area (Å²) in [5.41, 5.74) is 5.15. The zero-order valence-corrected chi connectivity index (χ0v) is 25.1. The highest BCUT2D eigenvalue weighted by atomic mass is 32.2. The number of amides is 3. The van der Waals surface area contributed by atoms with E-state index in [9.17, 15) is 47.0 Å². The van der Waals surface area contributed by atoms with E-state index >= 15 is 0 Å². The van der Waals surface area contributed by atoms with Gasteiger partial charge in [0.05, 0.1) is 5.56 Å². The SMILES string of the molecule is Nc1nc(/C(=N/OC(=O)C(F)(F)F)C(=O)N[C@@H]2C(=O)N3C(C(=O)O)=C(/C=C4\CCN(Cc5ccc(C(=O)O)cc5)C4=O)CS[C@H]23)cs1. The molecule has 1 aromatic carbocycles. The number of thiazole rings is 1. The Kier molecular flexibility index (Phi) is 9.07. The summed E-state index contributed by atoms with van der Waals surface area (Å²) in [5, 5.41) is 24.5. The largest absolute Gasteiger partial charge is 0.493 e. The maximum Gasteiger partial charge on any atom is 0.493 e. The van der Waals surface area contributed by atoms with E-state index in [1.54, 1.807) is 12.1 Å². The van der Waals surface area contributed by atoms with E-state index < -0.39 is 58.7 Å². The number of β-lactam (4-membered cyclic amide) rings is 1. The fraction of sp³-hybridized carbons (Fsp3) is 0.259. The van der Waals surface area contributed by atoms with Gasteiger partial charge < -0.3 is 31.0 Å². The molecule has 4 heterocycles. The number of oxime groups is 1. The molecule has 1 aromatic heterocycles. The monoisotopic (exact) mass is 694 g/mol. The minimum absolute atomic E-state index is 0.0165. The van der Waals surface area contributed by atoms with Crippen molar-refractivity contribution in [2.24, 2.45) is 5.16 Å². The van der Waals surface area contributed by atoms with Crippen LogP contribution < -0.4 is 11.1 Å². The molecule has 0 spiro atoms. The van der Waals surface area contributed by atoms with Crippen molar-refractivity contribution in [1.29, 1.82) is 0 Å². The standard InChI is InChI=1S/C27H21F3N6O9S2/c28-27(29,30)25(44)45-34-16(15-10-47-26(31)32-15)19(37)33-17-21(39)36-18(24(42)43)14(9-46-22(17)36)7-13-5-6-35(20(13)38)8-11-1-3-12(4-2-11)23(40)41/h1-4,7,10,17,22H,5-6,8-9H2,(H2,31,32)(H,33,37)(H,40,41)(H,42,43)/b13-7+,34-16-/t17-,22-/m1/s1. The van der Waals surface area contributed by atoms with Crippen LogP contribution in [0.3, 0.4) is 0 Å². The number of fused-ring (bicyclic) bond motifs is 1. The summed E-state index contributed by atoms with van der Waals surface area (Å²) in [5.74, 6) is -7.73. The Labute approximate surface area is 269 Å². The number of carbonyl (C=O) groups is 6. The van der Waals surface area contributed by atoms with Crippen molar-refractivity contribution in [1.82, 2.24) is 20.1 Å². The maximum atomic E-state index is 13.1. The highest BCUT2D eigenvalue weighted by Gasteiger charge is 2.54. The smallest absolute Gasteiger partial charge is 0.478 e. The van der Waals surface area contributed by atoms with Gasteiger partial charge in [-0.2, -0.15) is 13.2 Å². The van der Waals surface area contributed by atoms with Crippen LogP contribution in [0.25, 0.3) is 0 Å². The first-order valence-corrected chi connectivity index (χ1v) is 15.2. The van der Waals surface area contributed by atoms with Crippen LogP contribution in [0.4, 0.5) is 18.3 Å². The average Bonchev–Trinajstić information content (AvgIpc) is 3.59. The van der Waals surface area contributed by atoms with Crippen LogP contribution in [0.2, 0.25) is 0 Å². The topological polar surface area (TPSA) is 222 Å². The number of nitrogen functional groups attached to an aromatic ring is 1. The molecule has 0 bridgehead atoms. The van der Waals surface area contributed by atoms with Gasteiger partial charge in [-0.05, 0) is 35.8 Å². The van der Waals surface area contributed by atoms with Crippen LogP contribution in [-0.2, 0) is 35.4 Å². The average molecular weight is 695 g/mol. The second-order valence-electron chi connectivity index (χ2n) is 10.1. The number of benzene rings is 1. The lowest BCUT2D eigenvalue weighted by Gasteiger charge is -2.49. The number of carboxylic acid groups (broad SMARTS) is 2. The predicted octanol–water partition coefficient (Wildman–Crippen LogP) is 1.33. The lowest BCUT2D eigenvalue weighted by atomic mass is 10.0. The maximum absolute atomic E-state index is 13.1. The Bertz CT molecular complexity index is 1790. The number of halogens is 3. The fourth-order valence-corrected chi connectivity index (χ4v) is 6.69. The molecular formula is C27H21F3N6O9S2. The van der Waals surface area contributed by atoms with E-state index in [-0.39, 0.29) is 46.6 Å². The number of allylic oxidation sites excluding steroid dienone is 1. The summed E-state index contributed by atoms with van der Waals surface area (Å²) in [6, 6.07) is 4.66. The number of anilines is 1. The molecular weight excluding hydrogens is 673 g/mol. The van der Waals surface area contributed by atoms with Crippen LogP contribution in [0.1, 0.15) is 28.0 Å². The van der Waals surface area contributed by atoms with Gasteiger partial charge in [0.25, 0.3) is 11.8 Å². The molecule has 2 aromatic rings. The van der Waals surface area contributed by atoms with Crippen LogP contribution in [0.15, 0.2) is 57.7 Å². The molecule has 2 atom stereocenters. The molecule has 5 rings (SSSR count). The van der Waals surface area contributed by atoms with E-state index in [1.807, 2.05) is 0 Å². The first-order chi connectivity index (χ1) is 22.1. The van der Waals surface area contributed by atoms with E-state index in [0.717, 1.165) is 33.4 Å². The third-order valence-electron chi connectivity index (χ3n) is 7.05. The number of nitrogens with one attached hydrogen (secondary N) is 1. The fourth-order valence-electron chi connectivity index (χ4n) is 4.84. The van der Waals surface area contributed by atoms with E-state index in [1.165, 1.54) is 23.1 Å². The second kappa shape index (κ2) is 12.9. The summed E-state index contributed by atoms with van der Waals surface area (Å²) in [4.78, 5) is 83.8. The third-order valence-corrected chi connectivity index (χ3v) is 9.03. The molecule has 0 saturated carbocycles.